The van der Waals surface area contributed by atoms with E-state index in [-0.39, 0.29) is 11.3 Å². The Morgan fingerprint density at radius 2 is 1.66 bits per heavy atom. The number of fused-ring (bicyclic) bond motifs is 1. The van der Waals surface area contributed by atoms with Crippen molar-refractivity contribution >= 4 is 38.9 Å². The van der Waals surface area contributed by atoms with Crippen molar-refractivity contribution in [2.45, 2.75) is 31.2 Å². The molecule has 1 aliphatic heterocycles. The van der Waals surface area contributed by atoms with Crippen molar-refractivity contribution in [2.24, 2.45) is 0 Å². The molecule has 7 nitrogen and oxygen atoms in total. The zero-order chi connectivity index (χ0) is 22.9. The molecule has 0 spiro atoms. The van der Waals surface area contributed by atoms with E-state index in [0.29, 0.717) is 17.1 Å². The van der Waals surface area contributed by atoms with Gasteiger partial charge < -0.3 is 10.6 Å². The molecule has 0 aromatic heterocycles. The van der Waals surface area contributed by atoms with Gasteiger partial charge in [-0.05, 0) is 55.3 Å². The van der Waals surface area contributed by atoms with Crippen LogP contribution in [-0.4, -0.2) is 26.3 Å². The van der Waals surface area contributed by atoms with Crippen molar-refractivity contribution in [3.63, 3.8) is 0 Å². The number of para-hydroxylation sites is 2. The van der Waals surface area contributed by atoms with Crippen LogP contribution in [0.4, 0.5) is 17.1 Å². The van der Waals surface area contributed by atoms with Crippen molar-refractivity contribution in [1.82, 2.24) is 0 Å². The van der Waals surface area contributed by atoms with Crippen molar-refractivity contribution < 1.29 is 18.0 Å². The monoisotopic (exact) mass is 449 g/mol. The molecule has 0 saturated carbocycles. The molecule has 1 aliphatic rings. The van der Waals surface area contributed by atoms with Crippen molar-refractivity contribution in [2.75, 3.05) is 14.9 Å². The maximum absolute atomic E-state index is 13.6. The summed E-state index contributed by atoms with van der Waals surface area (Å²) in [5.74, 6) is -1.01. The average Bonchev–Trinajstić information content (AvgIpc) is 2.78. The van der Waals surface area contributed by atoms with Gasteiger partial charge in [-0.3, -0.25) is 13.9 Å². The van der Waals surface area contributed by atoms with Crippen LogP contribution in [-0.2, 0) is 19.6 Å². The Bertz CT molecular complexity index is 1290. The number of sulfonamides is 1. The fraction of sp³-hybridized carbons (Fsp3) is 0.167. The maximum atomic E-state index is 13.6. The van der Waals surface area contributed by atoms with Gasteiger partial charge in [0, 0.05) is 5.69 Å². The number of carbonyl (C=O) groups is 2. The fourth-order valence-corrected chi connectivity index (χ4v) is 5.36. The smallest absolute Gasteiger partial charge is 0.265 e. The number of anilines is 3. The molecule has 164 valence electrons. The SMILES string of the molecule is Cc1cccc(NC(=O)CC2C(=O)Nc3ccccc3N2S(=O)(=O)c2ccccc2)c1C. The van der Waals surface area contributed by atoms with Gasteiger partial charge in [0.25, 0.3) is 10.0 Å². The molecule has 1 heterocycles. The number of amides is 2. The number of rotatable bonds is 5. The molecule has 32 heavy (non-hydrogen) atoms. The van der Waals surface area contributed by atoms with Crippen LogP contribution in [0.3, 0.4) is 0 Å². The Balaban J connectivity index is 1.72. The van der Waals surface area contributed by atoms with E-state index < -0.39 is 27.9 Å². The number of nitrogens with zero attached hydrogens (tertiary/aromatic N) is 1. The van der Waals surface area contributed by atoms with Crippen LogP contribution in [0.5, 0.6) is 0 Å². The molecular weight excluding hydrogens is 426 g/mol. The molecular formula is C24H23N3O4S. The first kappa shape index (κ1) is 21.6. The molecule has 4 rings (SSSR count). The topological polar surface area (TPSA) is 95.6 Å². The fourth-order valence-electron chi connectivity index (χ4n) is 3.70. The lowest BCUT2D eigenvalue weighted by atomic mass is 10.1. The third-order valence-electron chi connectivity index (χ3n) is 5.54. The molecule has 1 atom stereocenters. The van der Waals surface area contributed by atoms with Crippen LogP contribution in [0.2, 0.25) is 0 Å². The van der Waals surface area contributed by atoms with Crippen molar-refractivity contribution in [3.05, 3.63) is 83.9 Å². The molecule has 0 aliphatic carbocycles. The molecule has 3 aromatic rings. The Morgan fingerprint density at radius 1 is 0.969 bits per heavy atom. The maximum Gasteiger partial charge on any atom is 0.265 e. The van der Waals surface area contributed by atoms with Gasteiger partial charge in [-0.2, -0.15) is 0 Å². The molecule has 8 heteroatoms. The average molecular weight is 450 g/mol. The van der Waals surface area contributed by atoms with Crippen LogP contribution in [0.25, 0.3) is 0 Å². The summed E-state index contributed by atoms with van der Waals surface area (Å²) in [6, 6.07) is 18.8. The van der Waals surface area contributed by atoms with E-state index >= 15 is 0 Å². The van der Waals surface area contributed by atoms with Crippen LogP contribution < -0.4 is 14.9 Å². The highest BCUT2D eigenvalue weighted by Crippen LogP contribution is 2.37. The lowest BCUT2D eigenvalue weighted by Crippen LogP contribution is -2.52. The Labute approximate surface area is 187 Å². The summed E-state index contributed by atoms with van der Waals surface area (Å²) in [6.07, 6.45) is -0.334. The second-order valence-electron chi connectivity index (χ2n) is 7.64. The van der Waals surface area contributed by atoms with E-state index in [1.54, 1.807) is 48.5 Å². The van der Waals surface area contributed by atoms with Gasteiger partial charge in [-0.25, -0.2) is 8.42 Å². The number of carbonyl (C=O) groups excluding carboxylic acids is 2. The number of hydrogen-bond acceptors (Lipinski definition) is 4. The Kier molecular flexibility index (Phi) is 5.71. The lowest BCUT2D eigenvalue weighted by Gasteiger charge is -2.36. The van der Waals surface area contributed by atoms with E-state index in [2.05, 4.69) is 10.6 Å². The van der Waals surface area contributed by atoms with Gasteiger partial charge in [-0.15, -0.1) is 0 Å². The van der Waals surface area contributed by atoms with Gasteiger partial charge >= 0.3 is 0 Å². The normalized spacial score (nSPS) is 15.6. The summed E-state index contributed by atoms with van der Waals surface area (Å²) in [5.41, 5.74) is 3.25. The van der Waals surface area contributed by atoms with Gasteiger partial charge in [0.2, 0.25) is 11.8 Å². The molecule has 0 fully saturated rings. The molecule has 2 amide bonds. The second kappa shape index (κ2) is 8.47. The third-order valence-corrected chi connectivity index (χ3v) is 7.38. The van der Waals surface area contributed by atoms with E-state index in [1.165, 1.54) is 12.1 Å². The second-order valence-corrected chi connectivity index (χ2v) is 9.45. The highest BCUT2D eigenvalue weighted by molar-refractivity contribution is 7.93. The first-order valence-corrected chi connectivity index (χ1v) is 11.6. The summed E-state index contributed by atoms with van der Waals surface area (Å²) in [6.45, 7) is 3.82. The van der Waals surface area contributed by atoms with Crippen molar-refractivity contribution in [1.29, 1.82) is 0 Å². The zero-order valence-electron chi connectivity index (χ0n) is 17.7. The molecule has 0 bridgehead atoms. The standard InChI is InChI=1S/C24H23N3O4S/c1-16-9-8-13-19(17(16)2)25-23(28)15-22-24(29)26-20-12-6-7-14-21(20)27(22)32(30,31)18-10-4-3-5-11-18/h3-14,22H,15H2,1-2H3,(H,25,28)(H,26,29). The first-order valence-electron chi connectivity index (χ1n) is 10.1. The van der Waals surface area contributed by atoms with Crippen LogP contribution in [0, 0.1) is 13.8 Å². The summed E-state index contributed by atoms with van der Waals surface area (Å²) < 4.78 is 28.2. The number of hydrogen-bond donors (Lipinski definition) is 2. The Hall–Kier alpha value is -3.65. The minimum absolute atomic E-state index is 0.0458. The molecule has 0 radical (unpaired) electrons. The van der Waals surface area contributed by atoms with Gasteiger partial charge in [-0.1, -0.05) is 42.5 Å². The molecule has 2 N–H and O–H groups in total. The predicted molar refractivity (Wildman–Crippen MR) is 124 cm³/mol. The van der Waals surface area contributed by atoms with Crippen molar-refractivity contribution in [3.8, 4) is 0 Å². The highest BCUT2D eigenvalue weighted by Gasteiger charge is 2.41. The van der Waals surface area contributed by atoms with Gasteiger partial charge in [0.05, 0.1) is 22.7 Å². The van der Waals surface area contributed by atoms with Crippen LogP contribution in [0.1, 0.15) is 17.5 Å². The number of benzene rings is 3. The quantitative estimate of drug-likeness (QED) is 0.619. The number of aryl methyl sites for hydroxylation is 1. The van der Waals surface area contributed by atoms with E-state index in [0.717, 1.165) is 15.4 Å². The number of nitrogens with one attached hydrogen (secondary N) is 2. The summed E-state index contributed by atoms with van der Waals surface area (Å²) >= 11 is 0. The van der Waals surface area contributed by atoms with E-state index in [4.69, 9.17) is 0 Å². The third kappa shape index (κ3) is 3.97. The molecule has 0 saturated heterocycles. The van der Waals surface area contributed by atoms with Crippen LogP contribution in [0.15, 0.2) is 77.7 Å². The van der Waals surface area contributed by atoms with Gasteiger partial charge in [0.1, 0.15) is 6.04 Å². The summed E-state index contributed by atoms with van der Waals surface area (Å²) in [4.78, 5) is 25.9. The Morgan fingerprint density at radius 3 is 2.41 bits per heavy atom. The largest absolute Gasteiger partial charge is 0.326 e. The highest BCUT2D eigenvalue weighted by atomic mass is 32.2. The minimum Gasteiger partial charge on any atom is -0.326 e. The lowest BCUT2D eigenvalue weighted by molar-refractivity contribution is -0.122. The molecule has 3 aromatic carbocycles. The van der Waals surface area contributed by atoms with E-state index in [9.17, 15) is 18.0 Å². The van der Waals surface area contributed by atoms with Crippen LogP contribution >= 0.6 is 0 Å². The zero-order valence-corrected chi connectivity index (χ0v) is 18.5. The predicted octanol–water partition coefficient (Wildman–Crippen LogP) is 3.85. The molecule has 1 unspecified atom stereocenters. The minimum atomic E-state index is -4.10. The van der Waals surface area contributed by atoms with E-state index in [1.807, 2.05) is 26.0 Å². The first-order chi connectivity index (χ1) is 15.3. The summed E-state index contributed by atoms with van der Waals surface area (Å²) in [5, 5.41) is 5.54. The van der Waals surface area contributed by atoms with Gasteiger partial charge in [0.15, 0.2) is 0 Å². The summed E-state index contributed by atoms with van der Waals surface area (Å²) in [7, 11) is -4.10.